The number of H-pyrrole nitrogens is 1. The molecular formula is C18H13FN8. The summed E-state index contributed by atoms with van der Waals surface area (Å²) in [5.41, 5.74) is 3.81. The van der Waals surface area contributed by atoms with Gasteiger partial charge in [0.05, 0.1) is 18.1 Å². The Labute approximate surface area is 152 Å². The predicted molar refractivity (Wildman–Crippen MR) is 95.1 cm³/mol. The minimum absolute atomic E-state index is 0.286. The van der Waals surface area contributed by atoms with Crippen molar-refractivity contribution in [3.8, 4) is 22.5 Å². The number of pyridine rings is 1. The number of nitrogens with one attached hydrogen (secondary N) is 1. The highest BCUT2D eigenvalue weighted by atomic mass is 19.1. The van der Waals surface area contributed by atoms with Crippen molar-refractivity contribution in [1.29, 1.82) is 0 Å². The Hall–Kier alpha value is -3.88. The smallest absolute Gasteiger partial charge is 0.160 e. The SMILES string of the molecule is Fc1ccc(-c2[nH]ncc2-c2cn(Cc3nnc4ccccn34)nn2)cc1. The van der Waals surface area contributed by atoms with E-state index in [9.17, 15) is 4.39 Å². The molecule has 0 amide bonds. The van der Waals surface area contributed by atoms with Gasteiger partial charge in [-0.25, -0.2) is 9.07 Å². The number of aromatic nitrogens is 8. The zero-order valence-electron chi connectivity index (χ0n) is 14.0. The van der Waals surface area contributed by atoms with E-state index in [2.05, 4.69) is 30.7 Å². The third kappa shape index (κ3) is 2.74. The minimum Gasteiger partial charge on any atom is -0.285 e. The molecule has 0 aliphatic rings. The Bertz CT molecular complexity index is 1220. The number of nitrogens with zero attached hydrogens (tertiary/aromatic N) is 7. The van der Waals surface area contributed by atoms with E-state index >= 15 is 0 Å². The molecule has 0 fully saturated rings. The molecule has 5 aromatic rings. The van der Waals surface area contributed by atoms with Gasteiger partial charge < -0.3 is 0 Å². The molecule has 0 saturated heterocycles. The van der Waals surface area contributed by atoms with Crippen LogP contribution in [0.4, 0.5) is 4.39 Å². The normalized spacial score (nSPS) is 11.3. The van der Waals surface area contributed by atoms with Gasteiger partial charge in [0, 0.05) is 17.3 Å². The number of halogens is 1. The van der Waals surface area contributed by atoms with Gasteiger partial charge in [0.1, 0.15) is 18.1 Å². The van der Waals surface area contributed by atoms with Crippen molar-refractivity contribution in [3.63, 3.8) is 0 Å². The van der Waals surface area contributed by atoms with Crippen LogP contribution in [-0.4, -0.2) is 39.8 Å². The van der Waals surface area contributed by atoms with Crippen LogP contribution in [-0.2, 0) is 6.54 Å². The monoisotopic (exact) mass is 360 g/mol. The maximum Gasteiger partial charge on any atom is 0.160 e. The fourth-order valence-electron chi connectivity index (χ4n) is 2.96. The number of benzene rings is 1. The van der Waals surface area contributed by atoms with Crippen LogP contribution >= 0.6 is 0 Å². The van der Waals surface area contributed by atoms with E-state index in [-0.39, 0.29) is 5.82 Å². The lowest BCUT2D eigenvalue weighted by Crippen LogP contribution is -2.04. The highest BCUT2D eigenvalue weighted by molar-refractivity contribution is 5.77. The number of aromatic amines is 1. The van der Waals surface area contributed by atoms with E-state index in [1.807, 2.05) is 35.0 Å². The number of fused-ring (bicyclic) bond motifs is 1. The first-order valence-corrected chi connectivity index (χ1v) is 8.26. The predicted octanol–water partition coefficient (Wildman–Crippen LogP) is 2.57. The lowest BCUT2D eigenvalue weighted by molar-refractivity contribution is 0.620. The largest absolute Gasteiger partial charge is 0.285 e. The molecule has 0 radical (unpaired) electrons. The van der Waals surface area contributed by atoms with E-state index < -0.39 is 0 Å². The molecule has 0 atom stereocenters. The van der Waals surface area contributed by atoms with Crippen molar-refractivity contribution >= 4 is 5.65 Å². The van der Waals surface area contributed by atoms with Gasteiger partial charge in [0.25, 0.3) is 0 Å². The molecule has 132 valence electrons. The van der Waals surface area contributed by atoms with Gasteiger partial charge in [-0.15, -0.1) is 15.3 Å². The summed E-state index contributed by atoms with van der Waals surface area (Å²) in [4.78, 5) is 0. The highest BCUT2D eigenvalue weighted by Crippen LogP contribution is 2.28. The second-order valence-electron chi connectivity index (χ2n) is 6.01. The van der Waals surface area contributed by atoms with E-state index in [4.69, 9.17) is 0 Å². The summed E-state index contributed by atoms with van der Waals surface area (Å²) in [6.07, 6.45) is 5.41. The Morgan fingerprint density at radius 3 is 2.78 bits per heavy atom. The van der Waals surface area contributed by atoms with Gasteiger partial charge in [-0.1, -0.05) is 11.3 Å². The van der Waals surface area contributed by atoms with E-state index in [1.54, 1.807) is 23.0 Å². The second kappa shape index (κ2) is 6.13. The average molecular weight is 360 g/mol. The summed E-state index contributed by atoms with van der Waals surface area (Å²) in [6, 6.07) is 11.9. The van der Waals surface area contributed by atoms with Crippen LogP contribution in [0.5, 0.6) is 0 Å². The highest BCUT2D eigenvalue weighted by Gasteiger charge is 2.14. The van der Waals surface area contributed by atoms with Crippen LogP contribution in [0.1, 0.15) is 5.82 Å². The Morgan fingerprint density at radius 1 is 1.00 bits per heavy atom. The number of hydrogen-bond acceptors (Lipinski definition) is 5. The van der Waals surface area contributed by atoms with Crippen molar-refractivity contribution in [2.45, 2.75) is 6.54 Å². The molecule has 0 aliphatic carbocycles. The van der Waals surface area contributed by atoms with Crippen molar-refractivity contribution in [1.82, 2.24) is 39.8 Å². The van der Waals surface area contributed by atoms with Crippen LogP contribution in [0.3, 0.4) is 0 Å². The van der Waals surface area contributed by atoms with Gasteiger partial charge in [-0.05, 0) is 36.4 Å². The first kappa shape index (κ1) is 15.4. The lowest BCUT2D eigenvalue weighted by atomic mass is 10.1. The maximum atomic E-state index is 13.2. The molecule has 0 aliphatic heterocycles. The Kier molecular flexibility index (Phi) is 3.49. The van der Waals surface area contributed by atoms with Crippen LogP contribution < -0.4 is 0 Å². The molecule has 0 spiro atoms. The van der Waals surface area contributed by atoms with Crippen LogP contribution in [0.2, 0.25) is 0 Å². The number of rotatable bonds is 4. The third-order valence-electron chi connectivity index (χ3n) is 4.27. The lowest BCUT2D eigenvalue weighted by Gasteiger charge is -2.01. The maximum absolute atomic E-state index is 13.2. The number of hydrogen-bond donors (Lipinski definition) is 1. The van der Waals surface area contributed by atoms with Crippen molar-refractivity contribution < 1.29 is 4.39 Å². The zero-order chi connectivity index (χ0) is 18.2. The van der Waals surface area contributed by atoms with Gasteiger partial charge in [-0.3, -0.25) is 9.50 Å². The third-order valence-corrected chi connectivity index (χ3v) is 4.27. The Balaban J connectivity index is 1.46. The molecule has 5 rings (SSSR count). The summed E-state index contributed by atoms with van der Waals surface area (Å²) in [7, 11) is 0. The molecule has 9 heteroatoms. The standard InChI is InChI=1S/C18H13FN8/c19-13-6-4-12(5-7-13)18-14(9-20-24-18)15-10-26(25-21-15)11-17-23-22-16-3-1-2-8-27(16)17/h1-10H,11H2,(H,20,24). The zero-order valence-corrected chi connectivity index (χ0v) is 14.0. The summed E-state index contributed by atoms with van der Waals surface area (Å²) in [6.45, 7) is 0.432. The van der Waals surface area contributed by atoms with E-state index in [1.165, 1.54) is 12.1 Å². The average Bonchev–Trinajstić information content (AvgIpc) is 3.42. The van der Waals surface area contributed by atoms with Crippen molar-refractivity contribution in [2.75, 3.05) is 0 Å². The molecule has 4 aromatic heterocycles. The molecule has 1 N–H and O–H groups in total. The van der Waals surface area contributed by atoms with Crippen molar-refractivity contribution in [3.05, 3.63) is 72.7 Å². The molecular weight excluding hydrogens is 347 g/mol. The van der Waals surface area contributed by atoms with Crippen molar-refractivity contribution in [2.24, 2.45) is 0 Å². The summed E-state index contributed by atoms with van der Waals surface area (Å²) in [5.74, 6) is 0.472. The topological polar surface area (TPSA) is 89.6 Å². The molecule has 0 saturated carbocycles. The second-order valence-corrected chi connectivity index (χ2v) is 6.01. The molecule has 27 heavy (non-hydrogen) atoms. The van der Waals surface area contributed by atoms with E-state index in [0.717, 1.165) is 28.3 Å². The van der Waals surface area contributed by atoms with E-state index in [0.29, 0.717) is 12.2 Å². The summed E-state index contributed by atoms with van der Waals surface area (Å²) < 4.78 is 16.8. The van der Waals surface area contributed by atoms with Gasteiger partial charge in [-0.2, -0.15) is 5.10 Å². The van der Waals surface area contributed by atoms with Crippen LogP contribution in [0.25, 0.3) is 28.2 Å². The van der Waals surface area contributed by atoms with Crippen LogP contribution in [0, 0.1) is 5.82 Å². The first-order chi connectivity index (χ1) is 13.3. The van der Waals surface area contributed by atoms with Gasteiger partial charge >= 0.3 is 0 Å². The van der Waals surface area contributed by atoms with Gasteiger partial charge in [0.15, 0.2) is 11.5 Å². The summed E-state index contributed by atoms with van der Waals surface area (Å²) in [5, 5.41) is 23.8. The summed E-state index contributed by atoms with van der Waals surface area (Å²) >= 11 is 0. The fraction of sp³-hybridized carbons (Fsp3) is 0.0556. The fourth-order valence-corrected chi connectivity index (χ4v) is 2.96. The van der Waals surface area contributed by atoms with Crippen LogP contribution in [0.15, 0.2) is 61.1 Å². The molecule has 0 unspecified atom stereocenters. The quantitative estimate of drug-likeness (QED) is 0.532. The van der Waals surface area contributed by atoms with Gasteiger partial charge in [0.2, 0.25) is 0 Å². The molecule has 1 aromatic carbocycles. The molecule has 4 heterocycles. The molecule has 8 nitrogen and oxygen atoms in total. The Morgan fingerprint density at radius 2 is 1.89 bits per heavy atom. The minimum atomic E-state index is -0.286. The first-order valence-electron chi connectivity index (χ1n) is 8.26. The molecule has 0 bridgehead atoms.